The molecule has 2 aromatic carbocycles. The van der Waals surface area contributed by atoms with Crippen LogP contribution in [0.25, 0.3) is 11.4 Å². The lowest BCUT2D eigenvalue weighted by atomic mass is 10.1. The van der Waals surface area contributed by atoms with Crippen LogP contribution in [0, 0.1) is 5.92 Å². The highest BCUT2D eigenvalue weighted by Crippen LogP contribution is 2.38. The summed E-state index contributed by atoms with van der Waals surface area (Å²) in [5.74, 6) is 2.72. The number of aromatic amines is 1. The zero-order valence-corrected chi connectivity index (χ0v) is 17.8. The van der Waals surface area contributed by atoms with Gasteiger partial charge in [0.15, 0.2) is 11.5 Å². The molecule has 0 amide bonds. The normalized spacial score (nSPS) is 13.0. The van der Waals surface area contributed by atoms with Gasteiger partial charge in [0.1, 0.15) is 0 Å². The van der Waals surface area contributed by atoms with E-state index in [2.05, 4.69) is 48.7 Å². The first-order valence-electron chi connectivity index (χ1n) is 10.6. The van der Waals surface area contributed by atoms with Gasteiger partial charge < -0.3 is 14.4 Å². The number of nitrogens with zero attached hydrogens (tertiary/aromatic N) is 5. The van der Waals surface area contributed by atoms with E-state index >= 15 is 0 Å². The maximum atomic E-state index is 6.11. The highest BCUT2D eigenvalue weighted by molar-refractivity contribution is 5.69. The van der Waals surface area contributed by atoms with Gasteiger partial charge >= 0.3 is 0 Å². The Bertz CT molecular complexity index is 1150. The molecule has 0 aliphatic heterocycles. The van der Waals surface area contributed by atoms with E-state index in [1.54, 1.807) is 13.3 Å². The van der Waals surface area contributed by atoms with Gasteiger partial charge in [-0.05, 0) is 72.0 Å². The van der Waals surface area contributed by atoms with E-state index in [9.17, 15) is 0 Å². The third-order valence-electron chi connectivity index (χ3n) is 5.48. The van der Waals surface area contributed by atoms with Crippen LogP contribution in [-0.4, -0.2) is 39.3 Å². The highest BCUT2D eigenvalue weighted by atomic mass is 16.5. The Labute approximate surface area is 186 Å². The minimum Gasteiger partial charge on any atom is -0.493 e. The first-order valence-corrected chi connectivity index (χ1v) is 10.6. The molecule has 8 nitrogen and oxygen atoms in total. The summed E-state index contributed by atoms with van der Waals surface area (Å²) in [6, 6.07) is 18.2. The zero-order valence-electron chi connectivity index (χ0n) is 17.8. The van der Waals surface area contributed by atoms with Crippen molar-refractivity contribution in [2.75, 3.05) is 18.6 Å². The molecule has 1 N–H and O–H groups in total. The maximum Gasteiger partial charge on any atom is 0.204 e. The molecule has 1 aliphatic rings. The van der Waals surface area contributed by atoms with Crippen LogP contribution in [0.1, 0.15) is 18.4 Å². The Morgan fingerprint density at radius 3 is 2.56 bits per heavy atom. The summed E-state index contributed by atoms with van der Waals surface area (Å²) < 4.78 is 11.6. The van der Waals surface area contributed by atoms with Gasteiger partial charge in [-0.2, -0.15) is 5.21 Å². The smallest absolute Gasteiger partial charge is 0.204 e. The number of tetrazole rings is 1. The molecule has 32 heavy (non-hydrogen) atoms. The second-order valence-corrected chi connectivity index (χ2v) is 7.82. The summed E-state index contributed by atoms with van der Waals surface area (Å²) in [5, 5.41) is 14.2. The zero-order chi connectivity index (χ0) is 21.8. The first-order chi connectivity index (χ1) is 15.8. The highest BCUT2D eigenvalue weighted by Gasteiger charge is 2.23. The van der Waals surface area contributed by atoms with Crippen molar-refractivity contribution >= 4 is 11.4 Å². The number of rotatable bonds is 9. The third kappa shape index (κ3) is 4.54. The predicted octanol–water partition coefficient (Wildman–Crippen LogP) is 4.40. The minimum atomic E-state index is 0.565. The molecule has 0 radical (unpaired) electrons. The molecule has 5 rings (SSSR count). The lowest BCUT2D eigenvalue weighted by molar-refractivity contribution is 0.280. The van der Waals surface area contributed by atoms with Crippen LogP contribution in [0.15, 0.2) is 67.0 Å². The standard InChI is InChI=1S/C24H24N6O2/c1-31-22-11-10-21(13-23(22)32-16-17-4-5-17)30(15-18-3-2-12-25-14-18)20-8-6-19(7-9-20)24-26-28-29-27-24/h2-3,6-14,17H,4-5,15-16H2,1H3,(H,26,27,28,29). The van der Waals surface area contributed by atoms with Crippen molar-refractivity contribution in [1.82, 2.24) is 25.6 Å². The van der Waals surface area contributed by atoms with Crippen LogP contribution >= 0.6 is 0 Å². The van der Waals surface area contributed by atoms with Gasteiger partial charge in [0.2, 0.25) is 5.82 Å². The number of benzene rings is 2. The van der Waals surface area contributed by atoms with Gasteiger partial charge in [0.05, 0.1) is 13.7 Å². The van der Waals surface area contributed by atoms with Crippen LogP contribution in [0.4, 0.5) is 11.4 Å². The molecule has 2 heterocycles. The number of methoxy groups -OCH3 is 1. The summed E-state index contributed by atoms with van der Waals surface area (Å²) in [6.45, 7) is 1.38. The van der Waals surface area contributed by atoms with Crippen molar-refractivity contribution in [3.63, 3.8) is 0 Å². The number of hydrogen-bond donors (Lipinski definition) is 1. The molecular formula is C24H24N6O2. The summed E-state index contributed by atoms with van der Waals surface area (Å²) in [5.41, 5.74) is 4.03. The first kappa shape index (κ1) is 20.0. The second-order valence-electron chi connectivity index (χ2n) is 7.82. The Morgan fingerprint density at radius 1 is 1.03 bits per heavy atom. The van der Waals surface area contributed by atoms with Crippen molar-refractivity contribution in [3.05, 3.63) is 72.6 Å². The van der Waals surface area contributed by atoms with E-state index in [4.69, 9.17) is 9.47 Å². The predicted molar refractivity (Wildman–Crippen MR) is 121 cm³/mol. The molecule has 0 saturated heterocycles. The summed E-state index contributed by atoms with van der Waals surface area (Å²) in [6.07, 6.45) is 6.14. The number of hydrogen-bond acceptors (Lipinski definition) is 7. The summed E-state index contributed by atoms with van der Waals surface area (Å²) in [4.78, 5) is 6.50. The molecule has 4 aromatic rings. The van der Waals surface area contributed by atoms with Crippen LogP contribution in [-0.2, 0) is 6.54 Å². The average Bonchev–Trinajstić information content (AvgIpc) is 3.52. The van der Waals surface area contributed by atoms with Gasteiger partial charge in [-0.1, -0.05) is 6.07 Å². The van der Waals surface area contributed by atoms with E-state index in [-0.39, 0.29) is 0 Å². The Balaban J connectivity index is 1.48. The fourth-order valence-electron chi connectivity index (χ4n) is 3.52. The number of anilines is 2. The van der Waals surface area contributed by atoms with Crippen molar-refractivity contribution in [2.24, 2.45) is 5.92 Å². The fourth-order valence-corrected chi connectivity index (χ4v) is 3.52. The number of nitrogens with one attached hydrogen (secondary N) is 1. The van der Waals surface area contributed by atoms with E-state index in [0.717, 1.165) is 40.6 Å². The Hall–Kier alpha value is -3.94. The van der Waals surface area contributed by atoms with Gasteiger partial charge in [-0.3, -0.25) is 4.98 Å². The molecule has 0 atom stereocenters. The maximum absolute atomic E-state index is 6.11. The van der Waals surface area contributed by atoms with Gasteiger partial charge in [-0.15, -0.1) is 10.2 Å². The Kier molecular flexibility index (Phi) is 5.65. The molecule has 1 aliphatic carbocycles. The van der Waals surface area contributed by atoms with Crippen LogP contribution in [0.2, 0.25) is 0 Å². The number of aromatic nitrogens is 5. The fraction of sp³-hybridized carbons (Fsp3) is 0.250. The SMILES string of the molecule is COc1ccc(N(Cc2cccnc2)c2ccc(-c3nn[nH]n3)cc2)cc1OCC1CC1. The Morgan fingerprint density at radius 2 is 1.88 bits per heavy atom. The number of ether oxygens (including phenoxy) is 2. The molecule has 1 fully saturated rings. The summed E-state index contributed by atoms with van der Waals surface area (Å²) >= 11 is 0. The van der Waals surface area contributed by atoms with Crippen molar-refractivity contribution in [3.8, 4) is 22.9 Å². The largest absolute Gasteiger partial charge is 0.493 e. The van der Waals surface area contributed by atoms with E-state index < -0.39 is 0 Å². The van der Waals surface area contributed by atoms with E-state index in [1.165, 1.54) is 12.8 Å². The number of pyridine rings is 1. The molecule has 0 bridgehead atoms. The minimum absolute atomic E-state index is 0.565. The van der Waals surface area contributed by atoms with Crippen molar-refractivity contribution in [2.45, 2.75) is 19.4 Å². The van der Waals surface area contributed by atoms with Crippen molar-refractivity contribution in [1.29, 1.82) is 0 Å². The molecular weight excluding hydrogens is 404 g/mol. The second kappa shape index (κ2) is 9.05. The monoisotopic (exact) mass is 428 g/mol. The molecule has 0 unspecified atom stereocenters. The number of H-pyrrole nitrogens is 1. The average molecular weight is 428 g/mol. The third-order valence-corrected chi connectivity index (χ3v) is 5.48. The lowest BCUT2D eigenvalue weighted by Gasteiger charge is -2.26. The van der Waals surface area contributed by atoms with E-state index in [1.807, 2.05) is 42.6 Å². The molecule has 1 saturated carbocycles. The van der Waals surface area contributed by atoms with Gasteiger partial charge in [-0.25, -0.2) is 0 Å². The summed E-state index contributed by atoms with van der Waals surface area (Å²) in [7, 11) is 1.67. The molecule has 8 heteroatoms. The van der Waals surface area contributed by atoms with Gasteiger partial charge in [0.25, 0.3) is 0 Å². The van der Waals surface area contributed by atoms with E-state index in [0.29, 0.717) is 18.3 Å². The lowest BCUT2D eigenvalue weighted by Crippen LogP contribution is -2.17. The molecule has 0 spiro atoms. The topological polar surface area (TPSA) is 89.1 Å². The van der Waals surface area contributed by atoms with Gasteiger partial charge in [0, 0.05) is 41.9 Å². The van der Waals surface area contributed by atoms with Crippen molar-refractivity contribution < 1.29 is 9.47 Å². The van der Waals surface area contributed by atoms with Crippen LogP contribution < -0.4 is 14.4 Å². The quantitative estimate of drug-likeness (QED) is 0.423. The van der Waals surface area contributed by atoms with Crippen LogP contribution in [0.5, 0.6) is 11.5 Å². The molecule has 2 aromatic heterocycles. The molecule has 162 valence electrons. The van der Waals surface area contributed by atoms with Crippen LogP contribution in [0.3, 0.4) is 0 Å².